The number of aliphatic hydroxyl groups excluding tert-OH is 1. The summed E-state index contributed by atoms with van der Waals surface area (Å²) in [6, 6.07) is 5.84. The first-order valence-electron chi connectivity index (χ1n) is 9.25. The summed E-state index contributed by atoms with van der Waals surface area (Å²) in [5.41, 5.74) is 0.622. The highest BCUT2D eigenvalue weighted by atomic mass is 16.3. The number of carbonyl (C=O) groups excluding carboxylic acids is 1. The van der Waals surface area contributed by atoms with Crippen LogP contribution in [0, 0.1) is 0 Å². The predicted octanol–water partition coefficient (Wildman–Crippen LogP) is 1.79. The molecular formula is C19H27N5O2. The van der Waals surface area contributed by atoms with Gasteiger partial charge in [0.15, 0.2) is 0 Å². The molecule has 3 rings (SSSR count). The summed E-state index contributed by atoms with van der Waals surface area (Å²) in [6.07, 6.45) is 9.55. The highest BCUT2D eigenvalue weighted by Crippen LogP contribution is 2.23. The monoisotopic (exact) mass is 357 g/mol. The molecule has 7 heteroatoms. The van der Waals surface area contributed by atoms with Crippen molar-refractivity contribution in [3.63, 3.8) is 0 Å². The van der Waals surface area contributed by atoms with Crippen molar-refractivity contribution in [2.75, 3.05) is 31.6 Å². The Labute approximate surface area is 154 Å². The summed E-state index contributed by atoms with van der Waals surface area (Å²) in [6.45, 7) is 2.21. The summed E-state index contributed by atoms with van der Waals surface area (Å²) in [5.74, 6) is 0.809. The van der Waals surface area contributed by atoms with E-state index in [4.69, 9.17) is 5.11 Å². The van der Waals surface area contributed by atoms with Gasteiger partial charge in [0.2, 0.25) is 0 Å². The smallest absolute Gasteiger partial charge is 0.255 e. The van der Waals surface area contributed by atoms with Crippen molar-refractivity contribution >= 4 is 11.7 Å². The molecule has 1 aliphatic rings. The first kappa shape index (κ1) is 18.4. The van der Waals surface area contributed by atoms with Gasteiger partial charge in [-0.25, -0.2) is 4.98 Å². The molecule has 26 heavy (non-hydrogen) atoms. The lowest BCUT2D eigenvalue weighted by atomic mass is 9.98. The molecular weight excluding hydrogens is 330 g/mol. The minimum absolute atomic E-state index is 0.0547. The second kappa shape index (κ2) is 8.80. The second-order valence-corrected chi connectivity index (χ2v) is 6.76. The van der Waals surface area contributed by atoms with E-state index in [9.17, 15) is 4.79 Å². The molecule has 0 unspecified atom stereocenters. The number of piperidine rings is 1. The van der Waals surface area contributed by atoms with Gasteiger partial charge in [0.1, 0.15) is 5.82 Å². The van der Waals surface area contributed by atoms with Crippen LogP contribution < -0.4 is 4.90 Å². The molecule has 2 aromatic rings. The fourth-order valence-electron chi connectivity index (χ4n) is 3.45. The van der Waals surface area contributed by atoms with Crippen LogP contribution in [0.5, 0.6) is 0 Å². The number of likely N-dealkylation sites (N-methyl/N-ethyl adjacent to an activating group) is 1. The lowest BCUT2D eigenvalue weighted by Crippen LogP contribution is -2.44. The molecule has 1 aliphatic heterocycles. The highest BCUT2D eigenvalue weighted by Gasteiger charge is 2.27. The molecule has 3 heterocycles. The second-order valence-electron chi connectivity index (χ2n) is 6.76. The Bertz CT molecular complexity index is 686. The first-order valence-corrected chi connectivity index (χ1v) is 9.25. The molecule has 2 aromatic heterocycles. The Morgan fingerprint density at radius 2 is 2.27 bits per heavy atom. The Hall–Kier alpha value is -2.41. The van der Waals surface area contributed by atoms with Gasteiger partial charge in [-0.05, 0) is 43.9 Å². The normalized spacial score (nSPS) is 17.3. The largest absolute Gasteiger partial charge is 0.395 e. The maximum absolute atomic E-state index is 13.0. The number of aliphatic hydroxyl groups is 1. The van der Waals surface area contributed by atoms with E-state index in [1.54, 1.807) is 12.4 Å². The molecule has 0 bridgehead atoms. The number of hydrogen-bond donors (Lipinski definition) is 1. The van der Waals surface area contributed by atoms with E-state index in [2.05, 4.69) is 10.1 Å². The summed E-state index contributed by atoms with van der Waals surface area (Å²) in [5, 5.41) is 13.3. The van der Waals surface area contributed by atoms with Crippen molar-refractivity contribution in [2.24, 2.45) is 0 Å². The maximum Gasteiger partial charge on any atom is 0.255 e. The zero-order chi connectivity index (χ0) is 18.4. The van der Waals surface area contributed by atoms with Gasteiger partial charge in [-0.3, -0.25) is 9.48 Å². The van der Waals surface area contributed by atoms with Crippen molar-refractivity contribution in [2.45, 2.75) is 38.3 Å². The number of likely N-dealkylation sites (tertiary alicyclic amines) is 1. The minimum Gasteiger partial charge on any atom is -0.395 e. The molecule has 0 aromatic carbocycles. The number of carbonyl (C=O) groups is 1. The number of nitrogens with zero attached hydrogens (tertiary/aromatic N) is 5. The van der Waals surface area contributed by atoms with E-state index in [1.807, 2.05) is 45.9 Å². The van der Waals surface area contributed by atoms with Gasteiger partial charge in [0.05, 0.1) is 12.2 Å². The number of rotatable bonds is 7. The SMILES string of the molecule is CN(CCO)c1ccc(C(=O)N2CCCC[C@H]2CCn2cccn2)cn1. The Morgan fingerprint density at radius 3 is 2.96 bits per heavy atom. The fraction of sp³-hybridized carbons (Fsp3) is 0.526. The van der Waals surface area contributed by atoms with Crippen LogP contribution in [0.15, 0.2) is 36.8 Å². The molecule has 1 saturated heterocycles. The van der Waals surface area contributed by atoms with Crippen molar-refractivity contribution < 1.29 is 9.90 Å². The Balaban J connectivity index is 1.65. The highest BCUT2D eigenvalue weighted by molar-refractivity contribution is 5.94. The summed E-state index contributed by atoms with van der Waals surface area (Å²) >= 11 is 0. The third-order valence-corrected chi connectivity index (χ3v) is 4.96. The van der Waals surface area contributed by atoms with Crippen LogP contribution in [-0.4, -0.2) is 63.5 Å². The van der Waals surface area contributed by atoms with Crippen molar-refractivity contribution in [1.82, 2.24) is 19.7 Å². The number of anilines is 1. The van der Waals surface area contributed by atoms with Gasteiger partial charge in [0.25, 0.3) is 5.91 Å². The van der Waals surface area contributed by atoms with Crippen LogP contribution in [-0.2, 0) is 6.54 Å². The Kier molecular flexibility index (Phi) is 6.22. The van der Waals surface area contributed by atoms with Gasteiger partial charge in [-0.15, -0.1) is 0 Å². The van der Waals surface area contributed by atoms with Gasteiger partial charge in [-0.1, -0.05) is 0 Å². The van der Waals surface area contributed by atoms with Crippen molar-refractivity contribution in [3.8, 4) is 0 Å². The molecule has 0 radical (unpaired) electrons. The number of amides is 1. The average Bonchev–Trinajstić information content (AvgIpc) is 3.20. The summed E-state index contributed by atoms with van der Waals surface area (Å²) in [4.78, 5) is 21.2. The van der Waals surface area contributed by atoms with E-state index < -0.39 is 0 Å². The standard InChI is InChI=1S/C19H27N5O2/c1-22(13-14-25)18-7-6-16(15-20-18)19(26)24-11-3-2-5-17(24)8-12-23-10-4-9-21-23/h4,6-7,9-10,15,17,25H,2-3,5,8,11-14H2,1H3/t17-/m0/s1. The number of pyridine rings is 1. The van der Waals surface area contributed by atoms with E-state index in [1.165, 1.54) is 0 Å². The molecule has 0 saturated carbocycles. The third-order valence-electron chi connectivity index (χ3n) is 4.96. The zero-order valence-electron chi connectivity index (χ0n) is 15.3. The maximum atomic E-state index is 13.0. The topological polar surface area (TPSA) is 74.5 Å². The van der Waals surface area contributed by atoms with Crippen LogP contribution in [0.4, 0.5) is 5.82 Å². The average molecular weight is 357 g/mol. The number of hydrogen-bond acceptors (Lipinski definition) is 5. The van der Waals surface area contributed by atoms with Gasteiger partial charge in [-0.2, -0.15) is 5.10 Å². The molecule has 0 aliphatic carbocycles. The number of aromatic nitrogens is 3. The van der Waals surface area contributed by atoms with E-state index in [-0.39, 0.29) is 18.6 Å². The molecule has 1 atom stereocenters. The van der Waals surface area contributed by atoms with Crippen LogP contribution in [0.3, 0.4) is 0 Å². The molecule has 140 valence electrons. The molecule has 1 amide bonds. The molecule has 1 N–H and O–H groups in total. The van der Waals surface area contributed by atoms with E-state index in [0.29, 0.717) is 12.1 Å². The van der Waals surface area contributed by atoms with Gasteiger partial charge >= 0.3 is 0 Å². The molecule has 1 fully saturated rings. The molecule has 7 nitrogen and oxygen atoms in total. The van der Waals surface area contributed by atoms with Crippen LogP contribution in [0.25, 0.3) is 0 Å². The first-order chi connectivity index (χ1) is 12.7. The quantitative estimate of drug-likeness (QED) is 0.818. The van der Waals surface area contributed by atoms with E-state index >= 15 is 0 Å². The fourth-order valence-corrected chi connectivity index (χ4v) is 3.45. The zero-order valence-corrected chi connectivity index (χ0v) is 15.3. The van der Waals surface area contributed by atoms with Crippen LogP contribution in [0.2, 0.25) is 0 Å². The van der Waals surface area contributed by atoms with Crippen LogP contribution >= 0.6 is 0 Å². The summed E-state index contributed by atoms with van der Waals surface area (Å²) < 4.78 is 1.92. The van der Waals surface area contributed by atoms with Crippen molar-refractivity contribution in [1.29, 1.82) is 0 Å². The third kappa shape index (κ3) is 4.40. The summed E-state index contributed by atoms with van der Waals surface area (Å²) in [7, 11) is 1.87. The van der Waals surface area contributed by atoms with Crippen LogP contribution in [0.1, 0.15) is 36.0 Å². The minimum atomic E-state index is 0.0547. The Morgan fingerprint density at radius 1 is 1.38 bits per heavy atom. The lowest BCUT2D eigenvalue weighted by molar-refractivity contribution is 0.0593. The van der Waals surface area contributed by atoms with Gasteiger partial charge in [0, 0.05) is 51.3 Å². The van der Waals surface area contributed by atoms with E-state index in [0.717, 1.165) is 44.6 Å². The predicted molar refractivity (Wildman–Crippen MR) is 100 cm³/mol. The van der Waals surface area contributed by atoms with Crippen molar-refractivity contribution in [3.05, 3.63) is 42.4 Å². The lowest BCUT2D eigenvalue weighted by Gasteiger charge is -2.36. The van der Waals surface area contributed by atoms with Gasteiger partial charge < -0.3 is 14.9 Å². The molecule has 0 spiro atoms. The number of aryl methyl sites for hydroxylation is 1.